The smallest absolute Gasteiger partial charge is 0.120 e. The molecule has 1 aliphatic carbocycles. The highest BCUT2D eigenvalue weighted by Gasteiger charge is 2.20. The van der Waals surface area contributed by atoms with Crippen LogP contribution < -0.4 is 4.74 Å². The first-order chi connectivity index (χ1) is 13.7. The summed E-state index contributed by atoms with van der Waals surface area (Å²) in [5.74, 6) is 1.35. The zero-order valence-electron chi connectivity index (χ0n) is 16.3. The number of hydrogen-bond acceptors (Lipinski definition) is 6. The van der Waals surface area contributed by atoms with Gasteiger partial charge in [-0.2, -0.15) is 0 Å². The second-order valence-electron chi connectivity index (χ2n) is 6.72. The third kappa shape index (κ3) is 5.86. The maximum Gasteiger partial charge on any atom is 0.120 e. The highest BCUT2D eigenvalue weighted by atomic mass is 32.2. The van der Waals surface area contributed by atoms with Crippen LogP contribution in [-0.4, -0.2) is 60.9 Å². The Hall–Kier alpha value is -2.28. The van der Waals surface area contributed by atoms with Crippen molar-refractivity contribution in [3.05, 3.63) is 71.7 Å². The van der Waals surface area contributed by atoms with E-state index in [1.165, 1.54) is 4.90 Å². The van der Waals surface area contributed by atoms with E-state index in [4.69, 9.17) is 4.74 Å². The summed E-state index contributed by atoms with van der Waals surface area (Å²) in [5, 5.41) is 10.4. The van der Waals surface area contributed by atoms with Crippen molar-refractivity contribution in [3.63, 3.8) is 0 Å². The van der Waals surface area contributed by atoms with Gasteiger partial charge >= 0.3 is 0 Å². The Morgan fingerprint density at radius 2 is 2.07 bits per heavy atom. The minimum Gasteiger partial charge on any atom is -0.512 e. The van der Waals surface area contributed by atoms with Crippen LogP contribution in [-0.2, 0) is 0 Å². The third-order valence-electron chi connectivity index (χ3n) is 4.74. The number of aliphatic hydroxyl groups is 1. The maximum absolute atomic E-state index is 10.4. The average Bonchev–Trinajstić information content (AvgIpc) is 2.72. The van der Waals surface area contributed by atoms with E-state index in [9.17, 15) is 5.11 Å². The fourth-order valence-electron chi connectivity index (χ4n) is 3.18. The van der Waals surface area contributed by atoms with Crippen molar-refractivity contribution in [1.82, 2.24) is 9.21 Å². The van der Waals surface area contributed by atoms with Gasteiger partial charge in [0, 0.05) is 55.8 Å². The number of nitrogens with zero attached hydrogens (tertiary/aromatic N) is 3. The summed E-state index contributed by atoms with van der Waals surface area (Å²) in [7, 11) is 1.69. The molecule has 1 aliphatic heterocycles. The van der Waals surface area contributed by atoms with Gasteiger partial charge in [-0.3, -0.25) is 9.89 Å². The van der Waals surface area contributed by atoms with Gasteiger partial charge in [0.2, 0.25) is 0 Å². The topological polar surface area (TPSA) is 48.3 Å². The van der Waals surface area contributed by atoms with Gasteiger partial charge in [0.15, 0.2) is 0 Å². The Bertz CT molecular complexity index is 806. The molecule has 6 heteroatoms. The van der Waals surface area contributed by atoms with Crippen LogP contribution in [0.4, 0.5) is 0 Å². The van der Waals surface area contributed by atoms with Crippen molar-refractivity contribution in [2.45, 2.75) is 11.3 Å². The Labute approximate surface area is 171 Å². The molecule has 0 aromatic heterocycles. The molecule has 0 saturated carbocycles. The largest absolute Gasteiger partial charge is 0.512 e. The molecule has 1 aromatic rings. The molecule has 1 N–H and O–H groups in total. The predicted molar refractivity (Wildman–Crippen MR) is 117 cm³/mol. The van der Waals surface area contributed by atoms with E-state index in [1.54, 1.807) is 25.3 Å². The van der Waals surface area contributed by atoms with Gasteiger partial charge in [0.05, 0.1) is 7.11 Å². The SMILES string of the molecule is C=N/C=C\C=C1\C=CC(CN2CCN(Sc3cccc(OC)c3)CC2)=C(O)C1. The van der Waals surface area contributed by atoms with Crippen molar-refractivity contribution in [2.75, 3.05) is 39.8 Å². The molecule has 1 aromatic carbocycles. The predicted octanol–water partition coefficient (Wildman–Crippen LogP) is 4.23. The summed E-state index contributed by atoms with van der Waals surface area (Å²) in [5.41, 5.74) is 2.08. The molecule has 0 spiro atoms. The van der Waals surface area contributed by atoms with Crippen LogP contribution in [0.2, 0.25) is 0 Å². The Balaban J connectivity index is 1.48. The zero-order chi connectivity index (χ0) is 19.8. The van der Waals surface area contributed by atoms with Crippen molar-refractivity contribution < 1.29 is 9.84 Å². The minimum absolute atomic E-state index is 0.460. The van der Waals surface area contributed by atoms with Crippen LogP contribution in [0.1, 0.15) is 6.42 Å². The summed E-state index contributed by atoms with van der Waals surface area (Å²) in [6.07, 6.45) is 10.1. The average molecular weight is 398 g/mol. The van der Waals surface area contributed by atoms with Crippen LogP contribution in [0.3, 0.4) is 0 Å². The van der Waals surface area contributed by atoms with Crippen molar-refractivity contribution >= 4 is 18.7 Å². The molecular formula is C22H27N3O2S. The first-order valence-corrected chi connectivity index (χ1v) is 10.1. The molecule has 0 unspecified atom stereocenters. The van der Waals surface area contributed by atoms with Crippen LogP contribution in [0, 0.1) is 0 Å². The van der Waals surface area contributed by atoms with E-state index in [2.05, 4.69) is 39.1 Å². The summed E-state index contributed by atoms with van der Waals surface area (Å²) in [6, 6.07) is 8.17. The molecule has 3 rings (SSSR count). The number of benzene rings is 1. The normalized spacial score (nSPS) is 20.2. The number of aliphatic hydroxyl groups excluding tert-OH is 1. The number of allylic oxidation sites excluding steroid dienone is 4. The van der Waals surface area contributed by atoms with Crippen molar-refractivity contribution in [3.8, 4) is 5.75 Å². The first kappa shape index (κ1) is 20.5. The summed E-state index contributed by atoms with van der Waals surface area (Å²) in [6.45, 7) is 8.15. The lowest BCUT2D eigenvalue weighted by Crippen LogP contribution is -2.44. The number of methoxy groups -OCH3 is 1. The summed E-state index contributed by atoms with van der Waals surface area (Å²) >= 11 is 1.78. The number of rotatable bonds is 7. The molecular weight excluding hydrogens is 370 g/mol. The lowest BCUT2D eigenvalue weighted by atomic mass is 9.99. The van der Waals surface area contributed by atoms with Crippen molar-refractivity contribution in [1.29, 1.82) is 0 Å². The monoisotopic (exact) mass is 397 g/mol. The highest BCUT2D eigenvalue weighted by molar-refractivity contribution is 7.97. The molecule has 5 nitrogen and oxygen atoms in total. The molecule has 1 fully saturated rings. The van der Waals surface area contributed by atoms with E-state index >= 15 is 0 Å². The quantitative estimate of drug-likeness (QED) is 0.551. The van der Waals surface area contributed by atoms with E-state index in [0.717, 1.165) is 49.6 Å². The molecule has 1 heterocycles. The number of aliphatic imine (C=N–C) groups is 1. The molecule has 0 radical (unpaired) electrons. The van der Waals surface area contributed by atoms with Gasteiger partial charge in [0.1, 0.15) is 11.5 Å². The second-order valence-corrected chi connectivity index (χ2v) is 7.89. The maximum atomic E-state index is 10.4. The van der Waals surface area contributed by atoms with Gasteiger partial charge < -0.3 is 9.84 Å². The Morgan fingerprint density at radius 3 is 2.79 bits per heavy atom. The van der Waals surface area contributed by atoms with E-state index < -0.39 is 0 Å². The van der Waals surface area contributed by atoms with Crippen molar-refractivity contribution in [2.24, 2.45) is 4.99 Å². The lowest BCUT2D eigenvalue weighted by Gasteiger charge is -2.34. The van der Waals surface area contributed by atoms with E-state index in [-0.39, 0.29) is 0 Å². The third-order valence-corrected chi connectivity index (χ3v) is 5.83. The highest BCUT2D eigenvalue weighted by Crippen LogP contribution is 2.28. The van der Waals surface area contributed by atoms with Gasteiger partial charge in [-0.15, -0.1) is 0 Å². The molecule has 0 amide bonds. The van der Waals surface area contributed by atoms with Gasteiger partial charge in [-0.05, 0) is 48.5 Å². The van der Waals surface area contributed by atoms with Gasteiger partial charge in [0.25, 0.3) is 0 Å². The summed E-state index contributed by atoms with van der Waals surface area (Å²) < 4.78 is 7.69. The molecule has 0 bridgehead atoms. The number of piperazine rings is 1. The summed E-state index contributed by atoms with van der Waals surface area (Å²) in [4.78, 5) is 7.28. The fraction of sp³-hybridized carbons (Fsp3) is 0.318. The van der Waals surface area contributed by atoms with Gasteiger partial charge in [-0.1, -0.05) is 24.3 Å². The minimum atomic E-state index is 0.460. The van der Waals surface area contributed by atoms with Gasteiger partial charge in [-0.25, -0.2) is 4.31 Å². The zero-order valence-corrected chi connectivity index (χ0v) is 17.1. The van der Waals surface area contributed by atoms with Crippen LogP contribution in [0.5, 0.6) is 5.75 Å². The Kier molecular flexibility index (Phi) is 7.54. The first-order valence-electron chi connectivity index (χ1n) is 9.38. The number of ether oxygens (including phenoxy) is 1. The number of hydrogen-bond donors (Lipinski definition) is 1. The van der Waals surface area contributed by atoms with Crippen LogP contribution in [0.25, 0.3) is 0 Å². The molecule has 2 aliphatic rings. The second kappa shape index (κ2) is 10.3. The van der Waals surface area contributed by atoms with Crippen LogP contribution in [0.15, 0.2) is 81.6 Å². The Morgan fingerprint density at radius 1 is 1.25 bits per heavy atom. The fourth-order valence-corrected chi connectivity index (χ4v) is 4.13. The van der Waals surface area contributed by atoms with E-state index in [1.807, 2.05) is 30.4 Å². The standard InChI is InChI=1S/C22H27N3O2S/c1-23-10-4-5-18-8-9-19(22(26)15-18)17-24-11-13-25(14-12-24)28-21-7-3-6-20(16-21)27-2/h3-10,16,26H,1,11-15,17H2,2H3/b10-4-,18-5-. The molecule has 1 saturated heterocycles. The molecule has 0 atom stereocenters. The van der Waals surface area contributed by atoms with E-state index in [0.29, 0.717) is 12.2 Å². The molecule has 148 valence electrons. The lowest BCUT2D eigenvalue weighted by molar-refractivity contribution is 0.208. The molecule has 28 heavy (non-hydrogen) atoms. The van der Waals surface area contributed by atoms with Crippen LogP contribution >= 0.6 is 11.9 Å².